The second-order valence-electron chi connectivity index (χ2n) is 7.37. The van der Waals surface area contributed by atoms with Gasteiger partial charge in [0.15, 0.2) is 6.10 Å². The predicted molar refractivity (Wildman–Crippen MR) is 103 cm³/mol. The van der Waals surface area contributed by atoms with Crippen LogP contribution in [-0.4, -0.2) is 41.9 Å². The van der Waals surface area contributed by atoms with Crippen LogP contribution in [0.3, 0.4) is 0 Å². The highest BCUT2D eigenvalue weighted by atomic mass is 16.5. The summed E-state index contributed by atoms with van der Waals surface area (Å²) in [5.74, 6) is 1.23. The number of hydrogen-bond donors (Lipinski definition) is 1. The molecule has 1 unspecified atom stereocenters. The zero-order valence-corrected chi connectivity index (χ0v) is 16.5. The van der Waals surface area contributed by atoms with Gasteiger partial charge in [-0.1, -0.05) is 39.0 Å². The first kappa shape index (κ1) is 20.3. The van der Waals surface area contributed by atoms with E-state index in [0.29, 0.717) is 12.3 Å². The molecule has 1 saturated heterocycles. The zero-order valence-electron chi connectivity index (χ0n) is 16.5. The van der Waals surface area contributed by atoms with E-state index in [4.69, 9.17) is 4.74 Å². The molecule has 1 heterocycles. The standard InChI is InChI=1S/C21H32N2O3/c1-5-8-20(24)23-13-11-17(12-14-23)22-21(25)16(4)26-19-10-7-6-9-18(19)15(2)3/h6-7,9-10,15-17H,5,8,11-14H2,1-4H3,(H,22,25). The van der Waals surface area contributed by atoms with Crippen molar-refractivity contribution in [2.75, 3.05) is 13.1 Å². The predicted octanol–water partition coefficient (Wildman–Crippen LogP) is 3.48. The van der Waals surface area contributed by atoms with Crippen molar-refractivity contribution in [2.24, 2.45) is 0 Å². The van der Waals surface area contributed by atoms with Crippen molar-refractivity contribution in [3.63, 3.8) is 0 Å². The molecule has 1 N–H and O–H groups in total. The Morgan fingerprint density at radius 3 is 2.46 bits per heavy atom. The molecule has 1 fully saturated rings. The van der Waals surface area contributed by atoms with Crippen LogP contribution >= 0.6 is 0 Å². The molecule has 1 aliphatic rings. The number of hydrogen-bond acceptors (Lipinski definition) is 3. The molecule has 5 nitrogen and oxygen atoms in total. The Labute approximate surface area is 157 Å². The van der Waals surface area contributed by atoms with E-state index in [9.17, 15) is 9.59 Å². The third-order valence-electron chi connectivity index (χ3n) is 4.87. The highest BCUT2D eigenvalue weighted by Crippen LogP contribution is 2.26. The summed E-state index contributed by atoms with van der Waals surface area (Å²) in [5.41, 5.74) is 1.11. The Morgan fingerprint density at radius 1 is 1.19 bits per heavy atom. The van der Waals surface area contributed by atoms with Gasteiger partial charge in [0.1, 0.15) is 5.75 Å². The quantitative estimate of drug-likeness (QED) is 0.810. The van der Waals surface area contributed by atoms with Crippen molar-refractivity contribution in [3.05, 3.63) is 29.8 Å². The molecule has 2 amide bonds. The number of rotatable bonds is 7. The van der Waals surface area contributed by atoms with E-state index in [0.717, 1.165) is 43.7 Å². The SMILES string of the molecule is CCCC(=O)N1CCC(NC(=O)C(C)Oc2ccccc2C(C)C)CC1. The Hall–Kier alpha value is -2.04. The van der Waals surface area contributed by atoms with E-state index >= 15 is 0 Å². The smallest absolute Gasteiger partial charge is 0.260 e. The molecule has 5 heteroatoms. The number of para-hydroxylation sites is 1. The van der Waals surface area contributed by atoms with E-state index in [2.05, 4.69) is 19.2 Å². The van der Waals surface area contributed by atoms with Crippen LogP contribution in [0.4, 0.5) is 0 Å². The van der Waals surface area contributed by atoms with Gasteiger partial charge >= 0.3 is 0 Å². The van der Waals surface area contributed by atoms with Crippen LogP contribution in [0.25, 0.3) is 0 Å². The second kappa shape index (κ2) is 9.60. The molecule has 0 spiro atoms. The average Bonchev–Trinajstić information content (AvgIpc) is 2.62. The molecule has 0 saturated carbocycles. The maximum Gasteiger partial charge on any atom is 0.260 e. The Bertz CT molecular complexity index is 607. The number of piperidine rings is 1. The van der Waals surface area contributed by atoms with Crippen molar-refractivity contribution < 1.29 is 14.3 Å². The van der Waals surface area contributed by atoms with E-state index in [1.165, 1.54) is 0 Å². The lowest BCUT2D eigenvalue weighted by Gasteiger charge is -2.33. The number of likely N-dealkylation sites (tertiary alicyclic amines) is 1. The van der Waals surface area contributed by atoms with Crippen LogP contribution in [0.15, 0.2) is 24.3 Å². The fourth-order valence-electron chi connectivity index (χ4n) is 3.27. The van der Waals surface area contributed by atoms with Crippen molar-refractivity contribution >= 4 is 11.8 Å². The third-order valence-corrected chi connectivity index (χ3v) is 4.87. The molecule has 0 aliphatic carbocycles. The van der Waals surface area contributed by atoms with Gasteiger partial charge < -0.3 is 15.0 Å². The van der Waals surface area contributed by atoms with Gasteiger partial charge in [0, 0.05) is 25.6 Å². The normalized spacial score (nSPS) is 16.4. The molecular weight excluding hydrogens is 328 g/mol. The van der Waals surface area contributed by atoms with Crippen LogP contribution in [0, 0.1) is 0 Å². The Balaban J connectivity index is 1.84. The summed E-state index contributed by atoms with van der Waals surface area (Å²) in [7, 11) is 0. The first-order valence-electron chi connectivity index (χ1n) is 9.76. The lowest BCUT2D eigenvalue weighted by Crippen LogP contribution is -2.49. The van der Waals surface area contributed by atoms with Gasteiger partial charge in [-0.15, -0.1) is 0 Å². The lowest BCUT2D eigenvalue weighted by atomic mass is 10.0. The molecule has 0 aromatic heterocycles. The molecule has 0 radical (unpaired) electrons. The average molecular weight is 360 g/mol. The second-order valence-corrected chi connectivity index (χ2v) is 7.37. The molecule has 1 atom stereocenters. The lowest BCUT2D eigenvalue weighted by molar-refractivity contribution is -0.132. The van der Waals surface area contributed by atoms with Crippen LogP contribution in [0.5, 0.6) is 5.75 Å². The molecule has 26 heavy (non-hydrogen) atoms. The van der Waals surface area contributed by atoms with Crippen LogP contribution in [0.1, 0.15) is 64.9 Å². The van der Waals surface area contributed by atoms with Gasteiger partial charge in [-0.3, -0.25) is 9.59 Å². The Kier molecular flexibility index (Phi) is 7.49. The van der Waals surface area contributed by atoms with Crippen LogP contribution in [-0.2, 0) is 9.59 Å². The van der Waals surface area contributed by atoms with Crippen molar-refractivity contribution in [1.82, 2.24) is 10.2 Å². The summed E-state index contributed by atoms with van der Waals surface area (Å²) in [6, 6.07) is 7.97. The number of nitrogens with one attached hydrogen (secondary N) is 1. The van der Waals surface area contributed by atoms with Crippen molar-refractivity contribution in [2.45, 2.75) is 71.4 Å². The summed E-state index contributed by atoms with van der Waals surface area (Å²) in [6.07, 6.45) is 2.54. The van der Waals surface area contributed by atoms with Gasteiger partial charge in [-0.05, 0) is 43.7 Å². The fourth-order valence-corrected chi connectivity index (χ4v) is 3.27. The van der Waals surface area contributed by atoms with Crippen LogP contribution < -0.4 is 10.1 Å². The minimum atomic E-state index is -0.547. The molecule has 1 aromatic rings. The minimum Gasteiger partial charge on any atom is -0.481 e. The first-order valence-corrected chi connectivity index (χ1v) is 9.76. The van der Waals surface area contributed by atoms with E-state index in [1.807, 2.05) is 36.1 Å². The van der Waals surface area contributed by atoms with Crippen molar-refractivity contribution in [3.8, 4) is 5.75 Å². The molecule has 144 valence electrons. The number of nitrogens with zero attached hydrogens (tertiary/aromatic N) is 1. The number of ether oxygens (including phenoxy) is 1. The third kappa shape index (κ3) is 5.48. The summed E-state index contributed by atoms with van der Waals surface area (Å²) in [4.78, 5) is 26.3. The van der Waals surface area contributed by atoms with Gasteiger partial charge in [-0.25, -0.2) is 0 Å². The molecule has 2 rings (SSSR count). The number of carbonyl (C=O) groups is 2. The van der Waals surface area contributed by atoms with E-state index < -0.39 is 6.10 Å². The molecular formula is C21H32N2O3. The van der Waals surface area contributed by atoms with Crippen LogP contribution in [0.2, 0.25) is 0 Å². The van der Waals surface area contributed by atoms with Crippen molar-refractivity contribution in [1.29, 1.82) is 0 Å². The van der Waals surface area contributed by atoms with E-state index in [1.54, 1.807) is 6.92 Å². The van der Waals surface area contributed by atoms with Gasteiger partial charge in [0.25, 0.3) is 5.91 Å². The van der Waals surface area contributed by atoms with Gasteiger partial charge in [0.05, 0.1) is 0 Å². The molecule has 1 aliphatic heterocycles. The molecule has 0 bridgehead atoms. The summed E-state index contributed by atoms with van der Waals surface area (Å²) < 4.78 is 5.92. The number of benzene rings is 1. The van der Waals surface area contributed by atoms with Gasteiger partial charge in [-0.2, -0.15) is 0 Å². The highest BCUT2D eigenvalue weighted by molar-refractivity contribution is 5.81. The highest BCUT2D eigenvalue weighted by Gasteiger charge is 2.25. The summed E-state index contributed by atoms with van der Waals surface area (Å²) in [6.45, 7) is 9.46. The Morgan fingerprint density at radius 2 is 1.85 bits per heavy atom. The maximum atomic E-state index is 12.5. The largest absolute Gasteiger partial charge is 0.481 e. The van der Waals surface area contributed by atoms with E-state index in [-0.39, 0.29) is 17.9 Å². The monoisotopic (exact) mass is 360 g/mol. The summed E-state index contributed by atoms with van der Waals surface area (Å²) in [5, 5.41) is 3.08. The molecule has 1 aromatic carbocycles. The number of amides is 2. The first-order chi connectivity index (χ1) is 12.4. The van der Waals surface area contributed by atoms with Gasteiger partial charge in [0.2, 0.25) is 5.91 Å². The summed E-state index contributed by atoms with van der Waals surface area (Å²) >= 11 is 0. The fraction of sp³-hybridized carbons (Fsp3) is 0.619. The zero-order chi connectivity index (χ0) is 19.1. The maximum absolute atomic E-state index is 12.5. The number of carbonyl (C=O) groups excluding carboxylic acids is 2. The minimum absolute atomic E-state index is 0.0955. The topological polar surface area (TPSA) is 58.6 Å².